The number of nitrogens with two attached hydrogens (primary N) is 1. The molecule has 0 radical (unpaired) electrons. The number of hydrogen-bond donors (Lipinski definition) is 1. The van der Waals surface area contributed by atoms with E-state index in [-0.39, 0.29) is 23.9 Å². The minimum absolute atomic E-state index is 0. The molecule has 16 heavy (non-hydrogen) atoms. The average molecular weight is 254 g/mol. The monoisotopic (exact) mass is 253 g/mol. The summed E-state index contributed by atoms with van der Waals surface area (Å²) in [5.74, 6) is -3.55. The molecule has 0 heterocycles. The summed E-state index contributed by atoms with van der Waals surface area (Å²) < 4.78 is 38.8. The molecule has 0 amide bonds. The summed E-state index contributed by atoms with van der Waals surface area (Å²) in [4.78, 5) is 0. The van der Waals surface area contributed by atoms with Crippen LogP contribution in [0.15, 0.2) is 12.1 Å². The predicted octanol–water partition coefficient (Wildman–Crippen LogP) is 3.57. The van der Waals surface area contributed by atoms with Crippen molar-refractivity contribution in [3.05, 3.63) is 35.1 Å². The zero-order chi connectivity index (χ0) is 11.6. The third-order valence-electron chi connectivity index (χ3n) is 2.19. The molecule has 1 rings (SSSR count). The minimum Gasteiger partial charge on any atom is -0.324 e. The molecule has 5 heteroatoms. The van der Waals surface area contributed by atoms with Crippen LogP contribution in [0.2, 0.25) is 0 Å². The van der Waals surface area contributed by atoms with E-state index in [0.717, 1.165) is 6.07 Å². The summed E-state index contributed by atoms with van der Waals surface area (Å²) in [6.45, 7) is 3.86. The van der Waals surface area contributed by atoms with Gasteiger partial charge in [0.2, 0.25) is 0 Å². The van der Waals surface area contributed by atoms with Crippen LogP contribution in [0.4, 0.5) is 13.2 Å². The van der Waals surface area contributed by atoms with Crippen LogP contribution in [0.25, 0.3) is 0 Å². The summed E-state index contributed by atoms with van der Waals surface area (Å²) in [7, 11) is 0. The number of benzene rings is 1. The Morgan fingerprint density at radius 2 is 1.69 bits per heavy atom. The van der Waals surface area contributed by atoms with Gasteiger partial charge in [-0.15, -0.1) is 12.4 Å². The molecule has 0 bridgehead atoms. The van der Waals surface area contributed by atoms with Crippen LogP contribution in [0.5, 0.6) is 0 Å². The standard InChI is InChI=1S/C11H14F3N.ClH/c1-6(2)5-9(15)7-3-4-8(12)11(14)10(7)13;/h3-4,6,9H,5,15H2,1-2H3;1H/t9-;/m1./s1. The van der Waals surface area contributed by atoms with Gasteiger partial charge < -0.3 is 5.73 Å². The van der Waals surface area contributed by atoms with Crippen molar-refractivity contribution >= 4 is 12.4 Å². The summed E-state index contributed by atoms with van der Waals surface area (Å²) in [5, 5.41) is 0. The molecule has 0 saturated carbocycles. The highest BCUT2D eigenvalue weighted by atomic mass is 35.5. The Balaban J connectivity index is 0.00000225. The van der Waals surface area contributed by atoms with Crippen molar-refractivity contribution in [1.82, 2.24) is 0 Å². The number of rotatable bonds is 3. The Labute approximate surface area is 99.2 Å². The summed E-state index contributed by atoms with van der Waals surface area (Å²) in [6, 6.07) is 1.49. The lowest BCUT2D eigenvalue weighted by Gasteiger charge is -2.15. The molecule has 1 aromatic carbocycles. The van der Waals surface area contributed by atoms with Gasteiger partial charge in [-0.1, -0.05) is 19.9 Å². The fourth-order valence-corrected chi connectivity index (χ4v) is 1.46. The van der Waals surface area contributed by atoms with Crippen molar-refractivity contribution in [2.45, 2.75) is 26.3 Å². The van der Waals surface area contributed by atoms with E-state index in [1.54, 1.807) is 0 Å². The Morgan fingerprint density at radius 1 is 1.12 bits per heavy atom. The topological polar surface area (TPSA) is 26.0 Å². The quantitative estimate of drug-likeness (QED) is 0.819. The van der Waals surface area contributed by atoms with Crippen LogP contribution in [0.3, 0.4) is 0 Å². The smallest absolute Gasteiger partial charge is 0.194 e. The van der Waals surface area contributed by atoms with Gasteiger partial charge in [-0.05, 0) is 18.4 Å². The van der Waals surface area contributed by atoms with Crippen molar-refractivity contribution in [3.63, 3.8) is 0 Å². The third-order valence-corrected chi connectivity index (χ3v) is 2.19. The first kappa shape index (κ1) is 15.3. The lowest BCUT2D eigenvalue weighted by atomic mass is 9.97. The maximum absolute atomic E-state index is 13.3. The van der Waals surface area contributed by atoms with Crippen molar-refractivity contribution in [1.29, 1.82) is 0 Å². The minimum atomic E-state index is -1.45. The summed E-state index contributed by atoms with van der Waals surface area (Å²) in [5.41, 5.74) is 5.72. The molecular formula is C11H15ClF3N. The molecule has 0 aliphatic heterocycles. The molecule has 0 saturated heterocycles. The van der Waals surface area contributed by atoms with E-state index >= 15 is 0 Å². The Hall–Kier alpha value is -0.740. The SMILES string of the molecule is CC(C)C[C@@H](N)c1ccc(F)c(F)c1F.Cl. The van der Waals surface area contributed by atoms with Gasteiger partial charge in [0.1, 0.15) is 0 Å². The normalized spacial score (nSPS) is 12.4. The molecule has 0 aromatic heterocycles. The fourth-order valence-electron chi connectivity index (χ4n) is 1.46. The van der Waals surface area contributed by atoms with Gasteiger partial charge in [-0.3, -0.25) is 0 Å². The molecular weight excluding hydrogens is 239 g/mol. The van der Waals surface area contributed by atoms with E-state index in [2.05, 4.69) is 0 Å². The van der Waals surface area contributed by atoms with E-state index < -0.39 is 23.5 Å². The van der Waals surface area contributed by atoms with Crippen molar-refractivity contribution < 1.29 is 13.2 Å². The largest absolute Gasteiger partial charge is 0.324 e. The molecule has 0 fully saturated rings. The zero-order valence-corrected chi connectivity index (χ0v) is 9.95. The highest BCUT2D eigenvalue weighted by Crippen LogP contribution is 2.24. The lowest BCUT2D eigenvalue weighted by molar-refractivity contribution is 0.424. The van der Waals surface area contributed by atoms with Crippen LogP contribution in [-0.2, 0) is 0 Å². The maximum atomic E-state index is 13.3. The van der Waals surface area contributed by atoms with E-state index in [1.807, 2.05) is 13.8 Å². The second-order valence-corrected chi connectivity index (χ2v) is 4.00. The van der Waals surface area contributed by atoms with Crippen LogP contribution in [0.1, 0.15) is 31.9 Å². The van der Waals surface area contributed by atoms with Crippen LogP contribution >= 0.6 is 12.4 Å². The fraction of sp³-hybridized carbons (Fsp3) is 0.455. The highest BCUT2D eigenvalue weighted by molar-refractivity contribution is 5.85. The highest BCUT2D eigenvalue weighted by Gasteiger charge is 2.18. The van der Waals surface area contributed by atoms with Crippen LogP contribution in [0, 0.1) is 23.4 Å². The molecule has 1 atom stereocenters. The first-order chi connectivity index (χ1) is 6.93. The molecule has 0 aliphatic rings. The van der Waals surface area contributed by atoms with Gasteiger partial charge in [0, 0.05) is 11.6 Å². The van der Waals surface area contributed by atoms with Gasteiger partial charge in [0.15, 0.2) is 17.5 Å². The molecule has 92 valence electrons. The van der Waals surface area contributed by atoms with Gasteiger partial charge in [0.25, 0.3) is 0 Å². The van der Waals surface area contributed by atoms with Crippen LogP contribution in [-0.4, -0.2) is 0 Å². The predicted molar refractivity (Wildman–Crippen MR) is 59.9 cm³/mol. The van der Waals surface area contributed by atoms with Crippen LogP contribution < -0.4 is 5.73 Å². The zero-order valence-electron chi connectivity index (χ0n) is 9.14. The first-order valence-electron chi connectivity index (χ1n) is 4.82. The van der Waals surface area contributed by atoms with Gasteiger partial charge >= 0.3 is 0 Å². The number of halogens is 4. The molecule has 1 aromatic rings. The molecule has 0 spiro atoms. The number of hydrogen-bond acceptors (Lipinski definition) is 1. The molecule has 0 aliphatic carbocycles. The van der Waals surface area contributed by atoms with Crippen molar-refractivity contribution in [2.75, 3.05) is 0 Å². The van der Waals surface area contributed by atoms with Crippen molar-refractivity contribution in [2.24, 2.45) is 11.7 Å². The first-order valence-corrected chi connectivity index (χ1v) is 4.82. The molecule has 2 N–H and O–H groups in total. The Bertz CT molecular complexity index is 355. The second-order valence-electron chi connectivity index (χ2n) is 4.00. The second kappa shape index (κ2) is 6.11. The van der Waals surface area contributed by atoms with E-state index in [0.29, 0.717) is 6.42 Å². The average Bonchev–Trinajstić information content (AvgIpc) is 2.13. The maximum Gasteiger partial charge on any atom is 0.194 e. The molecule has 1 nitrogen and oxygen atoms in total. The van der Waals surface area contributed by atoms with Gasteiger partial charge in [0.05, 0.1) is 0 Å². The Kier molecular flexibility index (Phi) is 5.83. The Morgan fingerprint density at radius 3 is 2.19 bits per heavy atom. The van der Waals surface area contributed by atoms with E-state index in [1.165, 1.54) is 6.07 Å². The van der Waals surface area contributed by atoms with Gasteiger partial charge in [-0.25, -0.2) is 13.2 Å². The third kappa shape index (κ3) is 3.39. The van der Waals surface area contributed by atoms with E-state index in [4.69, 9.17) is 5.73 Å². The molecule has 0 unspecified atom stereocenters. The van der Waals surface area contributed by atoms with Gasteiger partial charge in [-0.2, -0.15) is 0 Å². The summed E-state index contributed by atoms with van der Waals surface area (Å²) in [6.07, 6.45) is 0.530. The lowest BCUT2D eigenvalue weighted by Crippen LogP contribution is -2.15. The van der Waals surface area contributed by atoms with Crippen molar-refractivity contribution in [3.8, 4) is 0 Å². The summed E-state index contributed by atoms with van der Waals surface area (Å²) >= 11 is 0. The van der Waals surface area contributed by atoms with E-state index in [9.17, 15) is 13.2 Å².